The van der Waals surface area contributed by atoms with Crippen molar-refractivity contribution in [2.75, 3.05) is 4.90 Å². The van der Waals surface area contributed by atoms with E-state index < -0.39 is 0 Å². The van der Waals surface area contributed by atoms with E-state index in [1.54, 1.807) is 0 Å². The molecule has 0 aliphatic rings. The standard InChI is InChI=1S/C57H40N2O/c1-5-17-42(18-6-1)45(34-40-16-15-25-49(36-40)58(46-19-7-2-8-20-46)47-21-9-3-10-22-47)35-41-28-32-56-52(37-41)53-39-44(30-33-57(53)60-56)43-29-31-55-51(38-43)50-26-13-14-27-54(50)59(55)48-23-11-4-12-24-48/h1-34,36-39H,35H2/b45-34-. The van der Waals surface area contributed by atoms with Crippen molar-refractivity contribution in [3.05, 3.63) is 241 Å². The molecule has 0 atom stereocenters. The number of fused-ring (bicyclic) bond motifs is 6. The lowest BCUT2D eigenvalue weighted by Gasteiger charge is -2.25. The first-order chi connectivity index (χ1) is 29.7. The molecule has 0 saturated carbocycles. The van der Waals surface area contributed by atoms with Gasteiger partial charge in [-0.2, -0.15) is 0 Å². The van der Waals surface area contributed by atoms with E-state index in [9.17, 15) is 0 Å². The highest BCUT2D eigenvalue weighted by atomic mass is 16.3. The lowest BCUT2D eigenvalue weighted by atomic mass is 9.94. The zero-order valence-corrected chi connectivity index (χ0v) is 32.9. The minimum absolute atomic E-state index is 0.764. The maximum atomic E-state index is 6.45. The number of allylic oxidation sites excluding steroid dienone is 1. The van der Waals surface area contributed by atoms with Gasteiger partial charge in [0.2, 0.25) is 0 Å². The van der Waals surface area contributed by atoms with E-state index in [2.05, 4.69) is 240 Å². The molecule has 0 amide bonds. The topological polar surface area (TPSA) is 21.3 Å². The first-order valence-electron chi connectivity index (χ1n) is 20.5. The monoisotopic (exact) mass is 768 g/mol. The van der Waals surface area contributed by atoms with Gasteiger partial charge in [-0.15, -0.1) is 0 Å². The molecule has 11 aromatic rings. The Balaban J connectivity index is 0.969. The molecule has 9 aromatic carbocycles. The van der Waals surface area contributed by atoms with Gasteiger partial charge in [-0.1, -0.05) is 140 Å². The molecule has 2 heterocycles. The van der Waals surface area contributed by atoms with E-state index in [1.165, 1.54) is 49.6 Å². The van der Waals surface area contributed by atoms with Crippen molar-refractivity contribution < 1.29 is 4.42 Å². The summed E-state index contributed by atoms with van der Waals surface area (Å²) in [6, 6.07) is 80.2. The van der Waals surface area contributed by atoms with Crippen molar-refractivity contribution in [1.82, 2.24) is 4.57 Å². The number of hydrogen-bond donors (Lipinski definition) is 0. The summed E-state index contributed by atoms with van der Waals surface area (Å²) in [5, 5.41) is 4.74. The summed E-state index contributed by atoms with van der Waals surface area (Å²) in [6.07, 6.45) is 3.10. The van der Waals surface area contributed by atoms with E-state index in [0.717, 1.165) is 56.7 Å². The van der Waals surface area contributed by atoms with Crippen LogP contribution in [0.3, 0.4) is 0 Å². The smallest absolute Gasteiger partial charge is 0.135 e. The zero-order chi connectivity index (χ0) is 39.8. The third kappa shape index (κ3) is 6.53. The van der Waals surface area contributed by atoms with Gasteiger partial charge < -0.3 is 13.9 Å². The van der Waals surface area contributed by atoms with E-state index in [0.29, 0.717) is 0 Å². The van der Waals surface area contributed by atoms with Crippen LogP contribution in [0.25, 0.3) is 72.2 Å². The van der Waals surface area contributed by atoms with Gasteiger partial charge in [-0.3, -0.25) is 0 Å². The van der Waals surface area contributed by atoms with Crippen LogP contribution >= 0.6 is 0 Å². The van der Waals surface area contributed by atoms with Crippen LogP contribution in [0.1, 0.15) is 16.7 Å². The maximum absolute atomic E-state index is 6.45. The summed E-state index contributed by atoms with van der Waals surface area (Å²) < 4.78 is 8.81. The second-order valence-electron chi connectivity index (χ2n) is 15.4. The molecule has 0 saturated heterocycles. The summed E-state index contributed by atoms with van der Waals surface area (Å²) >= 11 is 0. The highest BCUT2D eigenvalue weighted by Gasteiger charge is 2.16. The van der Waals surface area contributed by atoms with Crippen LogP contribution in [0, 0.1) is 0 Å². The van der Waals surface area contributed by atoms with Crippen molar-refractivity contribution in [3.63, 3.8) is 0 Å². The molecule has 0 aliphatic heterocycles. The fraction of sp³-hybridized carbons (Fsp3) is 0.0175. The summed E-state index contributed by atoms with van der Waals surface area (Å²) in [7, 11) is 0. The molecule has 0 bridgehead atoms. The molecule has 284 valence electrons. The van der Waals surface area contributed by atoms with Crippen molar-refractivity contribution in [2.45, 2.75) is 6.42 Å². The second kappa shape index (κ2) is 15.1. The van der Waals surface area contributed by atoms with Gasteiger partial charge in [-0.25, -0.2) is 0 Å². The Morgan fingerprint density at radius 1 is 0.433 bits per heavy atom. The summed E-state index contributed by atoms with van der Waals surface area (Å²) in [5.74, 6) is 0. The maximum Gasteiger partial charge on any atom is 0.135 e. The third-order valence-electron chi connectivity index (χ3n) is 11.6. The highest BCUT2D eigenvalue weighted by Crippen LogP contribution is 2.39. The average molecular weight is 769 g/mol. The van der Waals surface area contributed by atoms with E-state index in [-0.39, 0.29) is 0 Å². The van der Waals surface area contributed by atoms with Crippen LogP contribution < -0.4 is 4.90 Å². The summed E-state index contributed by atoms with van der Waals surface area (Å²) in [6.45, 7) is 0. The largest absolute Gasteiger partial charge is 0.456 e. The van der Waals surface area contributed by atoms with Crippen molar-refractivity contribution in [1.29, 1.82) is 0 Å². The van der Waals surface area contributed by atoms with E-state index >= 15 is 0 Å². The molecular formula is C57H40N2O. The molecule has 0 radical (unpaired) electrons. The predicted octanol–water partition coefficient (Wildman–Crippen LogP) is 15.6. The van der Waals surface area contributed by atoms with Gasteiger partial charge in [0.25, 0.3) is 0 Å². The Kier molecular flexibility index (Phi) is 8.90. The van der Waals surface area contributed by atoms with Crippen molar-refractivity contribution in [2.24, 2.45) is 0 Å². The SMILES string of the molecule is C(=C(\Cc1ccc2oc3ccc(-c4ccc5c(c4)c4ccccc4n5-c4ccccc4)cc3c2c1)c1ccccc1)/c1cccc(N(c2ccccc2)c2ccccc2)c1. The Hall–Kier alpha value is -7.88. The molecule has 2 aromatic heterocycles. The van der Waals surface area contributed by atoms with Crippen LogP contribution in [0.4, 0.5) is 17.1 Å². The van der Waals surface area contributed by atoms with Gasteiger partial charge in [0.15, 0.2) is 0 Å². The van der Waals surface area contributed by atoms with Gasteiger partial charge in [0, 0.05) is 44.3 Å². The first kappa shape index (κ1) is 35.3. The highest BCUT2D eigenvalue weighted by molar-refractivity contribution is 6.11. The molecule has 0 N–H and O–H groups in total. The van der Waals surface area contributed by atoms with Crippen molar-refractivity contribution in [3.8, 4) is 16.8 Å². The van der Waals surface area contributed by atoms with Crippen LogP contribution in [-0.4, -0.2) is 4.57 Å². The summed E-state index contributed by atoms with van der Waals surface area (Å²) in [4.78, 5) is 2.31. The van der Waals surface area contributed by atoms with Gasteiger partial charge in [0.1, 0.15) is 11.2 Å². The quantitative estimate of drug-likeness (QED) is 0.136. The molecule has 0 spiro atoms. The van der Waals surface area contributed by atoms with E-state index in [4.69, 9.17) is 4.42 Å². The average Bonchev–Trinajstić information content (AvgIpc) is 3.85. The molecule has 0 fully saturated rings. The number of aromatic nitrogens is 1. The normalized spacial score (nSPS) is 11.8. The Labute approximate surface area is 349 Å². The molecule has 3 heteroatoms. The fourth-order valence-electron chi connectivity index (χ4n) is 8.79. The number of nitrogens with zero attached hydrogens (tertiary/aromatic N) is 2. The molecule has 0 unspecified atom stereocenters. The number of anilines is 3. The third-order valence-corrected chi connectivity index (χ3v) is 11.6. The lowest BCUT2D eigenvalue weighted by molar-refractivity contribution is 0.669. The minimum Gasteiger partial charge on any atom is -0.456 e. The molecule has 0 aliphatic carbocycles. The lowest BCUT2D eigenvalue weighted by Crippen LogP contribution is -2.09. The molecule has 11 rings (SSSR count). The number of benzene rings is 9. The van der Waals surface area contributed by atoms with Crippen molar-refractivity contribution >= 4 is 72.5 Å². The number of furan rings is 1. The second-order valence-corrected chi connectivity index (χ2v) is 15.4. The molecule has 3 nitrogen and oxygen atoms in total. The van der Waals surface area contributed by atoms with Gasteiger partial charge in [0.05, 0.1) is 11.0 Å². The van der Waals surface area contributed by atoms with Gasteiger partial charge >= 0.3 is 0 Å². The Bertz CT molecular complexity index is 3290. The molecular weight excluding hydrogens is 729 g/mol. The van der Waals surface area contributed by atoms with Gasteiger partial charge in [-0.05, 0) is 131 Å². The predicted molar refractivity (Wildman–Crippen MR) is 253 cm³/mol. The number of rotatable bonds is 9. The number of hydrogen-bond acceptors (Lipinski definition) is 2. The Morgan fingerprint density at radius 2 is 1.00 bits per heavy atom. The molecule has 60 heavy (non-hydrogen) atoms. The zero-order valence-electron chi connectivity index (χ0n) is 32.9. The fourth-order valence-corrected chi connectivity index (χ4v) is 8.79. The van der Waals surface area contributed by atoms with Crippen LogP contribution in [0.15, 0.2) is 229 Å². The van der Waals surface area contributed by atoms with Crippen LogP contribution in [0.5, 0.6) is 0 Å². The Morgan fingerprint density at radius 3 is 1.73 bits per heavy atom. The first-order valence-corrected chi connectivity index (χ1v) is 20.5. The van der Waals surface area contributed by atoms with E-state index in [1.807, 2.05) is 0 Å². The van der Waals surface area contributed by atoms with Crippen LogP contribution in [-0.2, 0) is 6.42 Å². The number of para-hydroxylation sites is 4. The summed E-state index contributed by atoms with van der Waals surface area (Å²) in [5.41, 5.74) is 15.9. The minimum atomic E-state index is 0.764. The van der Waals surface area contributed by atoms with Crippen LogP contribution in [0.2, 0.25) is 0 Å².